The smallest absolute Gasteiger partial charge is 0.387 e. The molecule has 0 saturated carbocycles. The minimum Gasteiger partial charge on any atom is -0.472 e. The first-order chi connectivity index (χ1) is 15.5. The molecule has 5 rings (SSSR count). The molecule has 170 valence electrons. The van der Waals surface area contributed by atoms with E-state index < -0.39 is 24.9 Å². The molecule has 3 aromatic rings. The number of alkyl halides is 2. The van der Waals surface area contributed by atoms with Crippen LogP contribution in [0.25, 0.3) is 11.2 Å². The molecule has 12 heteroatoms. The number of pyridine rings is 1. The van der Waals surface area contributed by atoms with Gasteiger partial charge in [-0.2, -0.15) is 18.7 Å². The third-order valence-electron chi connectivity index (χ3n) is 5.14. The van der Waals surface area contributed by atoms with Gasteiger partial charge >= 0.3 is 6.61 Å². The molecular formula is C20H18ClF2N3O6. The first-order valence-corrected chi connectivity index (χ1v) is 10.1. The molecular weight excluding hydrogens is 452 g/mol. The lowest BCUT2D eigenvalue weighted by Gasteiger charge is -2.15. The fourth-order valence-electron chi connectivity index (χ4n) is 3.64. The largest absolute Gasteiger partial charge is 0.472 e. The number of hydrogen-bond donors (Lipinski definition) is 2. The monoisotopic (exact) mass is 469 g/mol. The van der Waals surface area contributed by atoms with Crippen molar-refractivity contribution in [1.29, 1.82) is 0 Å². The summed E-state index contributed by atoms with van der Waals surface area (Å²) < 4.78 is 51.4. The van der Waals surface area contributed by atoms with Crippen LogP contribution in [-0.4, -0.2) is 64.3 Å². The number of aliphatic hydroxyl groups excluding tert-OH is 1. The maximum atomic E-state index is 12.2. The van der Waals surface area contributed by atoms with Crippen molar-refractivity contribution in [2.45, 2.75) is 37.6 Å². The minimum atomic E-state index is -2.88. The van der Waals surface area contributed by atoms with Gasteiger partial charge in [0.1, 0.15) is 35.7 Å². The van der Waals surface area contributed by atoms with E-state index in [0.29, 0.717) is 16.7 Å². The van der Waals surface area contributed by atoms with Crippen molar-refractivity contribution < 1.29 is 37.6 Å². The van der Waals surface area contributed by atoms with Crippen LogP contribution >= 0.6 is 11.6 Å². The molecule has 2 saturated heterocycles. The van der Waals surface area contributed by atoms with Gasteiger partial charge in [0.25, 0.3) is 6.01 Å². The summed E-state index contributed by atoms with van der Waals surface area (Å²) in [5, 5.41) is 10.1. The minimum absolute atomic E-state index is 0.0573. The zero-order valence-corrected chi connectivity index (χ0v) is 17.2. The van der Waals surface area contributed by atoms with Gasteiger partial charge < -0.3 is 33.8 Å². The number of H-pyrrole nitrogens is 1. The van der Waals surface area contributed by atoms with Gasteiger partial charge in [-0.3, -0.25) is 0 Å². The second-order valence-electron chi connectivity index (χ2n) is 7.32. The lowest BCUT2D eigenvalue weighted by molar-refractivity contribution is -0.0498. The molecule has 1 aromatic carbocycles. The molecule has 2 fully saturated rings. The van der Waals surface area contributed by atoms with Crippen LogP contribution in [0.15, 0.2) is 30.3 Å². The van der Waals surface area contributed by atoms with E-state index in [4.69, 9.17) is 30.5 Å². The van der Waals surface area contributed by atoms with Crippen LogP contribution in [0.5, 0.6) is 17.6 Å². The van der Waals surface area contributed by atoms with E-state index in [1.54, 1.807) is 18.2 Å². The van der Waals surface area contributed by atoms with Gasteiger partial charge in [0.15, 0.2) is 11.8 Å². The highest BCUT2D eigenvalue weighted by molar-refractivity contribution is 6.32. The molecule has 0 radical (unpaired) electrons. The van der Waals surface area contributed by atoms with E-state index in [1.165, 1.54) is 12.1 Å². The fourth-order valence-corrected chi connectivity index (χ4v) is 3.85. The first kappa shape index (κ1) is 21.1. The number of hydrogen-bond acceptors (Lipinski definition) is 8. The summed E-state index contributed by atoms with van der Waals surface area (Å²) in [5.41, 5.74) is 1.60. The Morgan fingerprint density at radius 1 is 1.16 bits per heavy atom. The number of halogens is 3. The van der Waals surface area contributed by atoms with Crippen LogP contribution in [0.1, 0.15) is 5.56 Å². The Bertz CT molecular complexity index is 1100. The van der Waals surface area contributed by atoms with E-state index in [0.717, 1.165) is 0 Å². The molecule has 0 amide bonds. The van der Waals surface area contributed by atoms with Crippen molar-refractivity contribution in [2.75, 3.05) is 13.2 Å². The van der Waals surface area contributed by atoms with Crippen molar-refractivity contribution in [3.05, 3.63) is 40.9 Å². The average molecular weight is 470 g/mol. The molecule has 9 nitrogen and oxygen atoms in total. The first-order valence-electron chi connectivity index (χ1n) is 9.77. The number of nitrogens with one attached hydrogen (secondary N) is 1. The van der Waals surface area contributed by atoms with Gasteiger partial charge in [-0.1, -0.05) is 23.7 Å². The third-order valence-corrected chi connectivity index (χ3v) is 5.41. The summed E-state index contributed by atoms with van der Waals surface area (Å²) in [6.07, 6.45) is -1.86. The third kappa shape index (κ3) is 4.29. The molecule has 0 bridgehead atoms. The van der Waals surface area contributed by atoms with Crippen LogP contribution in [0.2, 0.25) is 5.02 Å². The standard InChI is InChI=1S/C20H18ClF2N3O6/c21-11-5-12-17(25-18(11)30-6-9-1-3-10(4-2-9)31-19(22)23)26-20(24-12)32-14-8-29-15-13(27)7-28-16(14)15/h1-5,13-16,19,27H,6-8H2,(H,24,25,26)/t13-,14-,15-,16-/m1/s1. The number of nitrogens with zero attached hydrogens (tertiary/aromatic N) is 2. The van der Waals surface area contributed by atoms with Crippen LogP contribution in [0, 0.1) is 0 Å². The zero-order chi connectivity index (χ0) is 22.2. The second-order valence-corrected chi connectivity index (χ2v) is 7.73. The highest BCUT2D eigenvalue weighted by atomic mass is 35.5. The fraction of sp³-hybridized carbons (Fsp3) is 0.400. The second kappa shape index (κ2) is 8.66. The van der Waals surface area contributed by atoms with E-state index in [2.05, 4.69) is 19.7 Å². The number of imidazole rings is 1. The summed E-state index contributed by atoms with van der Waals surface area (Å²) in [6.45, 7) is -2.29. The topological polar surface area (TPSA) is 108 Å². The van der Waals surface area contributed by atoms with Crippen LogP contribution in [0.4, 0.5) is 8.78 Å². The summed E-state index contributed by atoms with van der Waals surface area (Å²) in [5.74, 6) is 0.221. The predicted octanol–water partition coefficient (Wildman–Crippen LogP) is 2.70. The molecule has 2 aliphatic rings. The van der Waals surface area contributed by atoms with Crippen molar-refractivity contribution in [1.82, 2.24) is 15.0 Å². The van der Waals surface area contributed by atoms with Crippen molar-refractivity contribution in [3.8, 4) is 17.6 Å². The number of rotatable bonds is 7. The molecule has 0 unspecified atom stereocenters. The summed E-state index contributed by atoms with van der Waals surface area (Å²) in [6, 6.07) is 7.88. The normalized spacial score (nSPS) is 24.8. The lowest BCUT2D eigenvalue weighted by Crippen LogP contribution is -2.34. The van der Waals surface area contributed by atoms with Gasteiger partial charge in [0, 0.05) is 0 Å². The summed E-state index contributed by atoms with van der Waals surface area (Å²) in [4.78, 5) is 11.6. The predicted molar refractivity (Wildman–Crippen MR) is 106 cm³/mol. The number of fused-ring (bicyclic) bond motifs is 2. The highest BCUT2D eigenvalue weighted by Crippen LogP contribution is 2.31. The van der Waals surface area contributed by atoms with Crippen molar-refractivity contribution in [3.63, 3.8) is 0 Å². The Labute approximate surface area is 185 Å². The maximum absolute atomic E-state index is 12.2. The molecule has 32 heavy (non-hydrogen) atoms. The summed E-state index contributed by atoms with van der Waals surface area (Å²) in [7, 11) is 0. The number of ether oxygens (including phenoxy) is 5. The molecule has 2 aromatic heterocycles. The van der Waals surface area contributed by atoms with Gasteiger partial charge in [-0.15, -0.1) is 0 Å². The zero-order valence-electron chi connectivity index (χ0n) is 16.4. The number of aromatic amines is 1. The molecule has 0 aliphatic carbocycles. The molecule has 4 atom stereocenters. The Kier molecular flexibility index (Phi) is 5.72. The lowest BCUT2D eigenvalue weighted by atomic mass is 10.1. The van der Waals surface area contributed by atoms with Gasteiger partial charge in [0.05, 0.1) is 18.7 Å². The van der Waals surface area contributed by atoms with Crippen LogP contribution < -0.4 is 14.2 Å². The number of benzene rings is 1. The number of aromatic nitrogens is 3. The molecule has 0 spiro atoms. The van der Waals surface area contributed by atoms with Gasteiger partial charge in [0.2, 0.25) is 5.88 Å². The molecule has 2 aliphatic heterocycles. The van der Waals surface area contributed by atoms with Crippen LogP contribution in [0.3, 0.4) is 0 Å². The van der Waals surface area contributed by atoms with E-state index in [-0.39, 0.29) is 48.6 Å². The maximum Gasteiger partial charge on any atom is 0.387 e. The Morgan fingerprint density at radius 2 is 1.94 bits per heavy atom. The van der Waals surface area contributed by atoms with E-state index >= 15 is 0 Å². The summed E-state index contributed by atoms with van der Waals surface area (Å²) >= 11 is 6.27. The Balaban J connectivity index is 1.25. The molecule has 4 heterocycles. The van der Waals surface area contributed by atoms with Crippen molar-refractivity contribution in [2.24, 2.45) is 0 Å². The van der Waals surface area contributed by atoms with Gasteiger partial charge in [-0.05, 0) is 23.8 Å². The van der Waals surface area contributed by atoms with Crippen LogP contribution in [-0.2, 0) is 16.1 Å². The van der Waals surface area contributed by atoms with Gasteiger partial charge in [-0.25, -0.2) is 0 Å². The molecule has 2 N–H and O–H groups in total. The average Bonchev–Trinajstić information content (AvgIpc) is 3.44. The quantitative estimate of drug-likeness (QED) is 0.544. The van der Waals surface area contributed by atoms with Crippen molar-refractivity contribution >= 4 is 22.8 Å². The Hall–Kier alpha value is -2.73. The number of aliphatic hydroxyl groups is 1. The highest BCUT2D eigenvalue weighted by Gasteiger charge is 2.48. The van der Waals surface area contributed by atoms with E-state index in [9.17, 15) is 13.9 Å². The van der Waals surface area contributed by atoms with E-state index in [1.807, 2.05) is 0 Å². The Morgan fingerprint density at radius 3 is 2.72 bits per heavy atom. The SMILES string of the molecule is O[C@@H]1CO[C@H]2[C@@H]1OC[C@H]2Oc1nc2nc(OCc3ccc(OC(F)F)cc3)c(Cl)cc2[nH]1.